The van der Waals surface area contributed by atoms with E-state index in [1.807, 2.05) is 6.08 Å². The predicted octanol–water partition coefficient (Wildman–Crippen LogP) is 3.16. The first-order valence-electron chi connectivity index (χ1n) is 7.13. The second-order valence-corrected chi connectivity index (χ2v) is 5.54. The van der Waals surface area contributed by atoms with Gasteiger partial charge in [-0.25, -0.2) is 0 Å². The molecule has 1 aromatic rings. The Morgan fingerprint density at radius 3 is 2.81 bits per heavy atom. The molecule has 1 saturated heterocycles. The molecule has 1 atom stereocenters. The third-order valence-electron chi connectivity index (χ3n) is 3.79. The molecule has 1 fully saturated rings. The highest BCUT2D eigenvalue weighted by Gasteiger charge is 2.25. The van der Waals surface area contributed by atoms with Gasteiger partial charge in [0.25, 0.3) is 5.69 Å². The Morgan fingerprint density at radius 2 is 2.19 bits per heavy atom. The summed E-state index contributed by atoms with van der Waals surface area (Å²) in [5, 5.41) is 14.9. The van der Waals surface area contributed by atoms with Gasteiger partial charge in [-0.15, -0.1) is 6.58 Å². The van der Waals surface area contributed by atoms with Crippen LogP contribution < -0.4 is 5.32 Å². The fourth-order valence-electron chi connectivity index (χ4n) is 2.70. The van der Waals surface area contributed by atoms with Gasteiger partial charge in [-0.3, -0.25) is 15.0 Å². The lowest BCUT2D eigenvalue weighted by atomic mass is 9.98. The van der Waals surface area contributed by atoms with Crippen LogP contribution in [0.3, 0.4) is 0 Å². The molecule has 0 unspecified atom stereocenters. The molecule has 0 bridgehead atoms. The van der Waals surface area contributed by atoms with Crippen molar-refractivity contribution in [3.63, 3.8) is 0 Å². The number of hydrogen-bond donors (Lipinski definition) is 1. The average molecular weight is 310 g/mol. The van der Waals surface area contributed by atoms with Crippen molar-refractivity contribution < 1.29 is 4.92 Å². The molecular formula is C15H20ClN3O2. The van der Waals surface area contributed by atoms with E-state index in [0.717, 1.165) is 44.6 Å². The number of allylic oxidation sites excluding steroid dienone is 1. The van der Waals surface area contributed by atoms with Crippen LogP contribution in [0.25, 0.3) is 0 Å². The molecule has 2 rings (SSSR count). The first-order valence-corrected chi connectivity index (χ1v) is 7.50. The fourth-order valence-corrected chi connectivity index (χ4v) is 2.95. The third-order valence-corrected chi connectivity index (χ3v) is 4.13. The summed E-state index contributed by atoms with van der Waals surface area (Å²) in [7, 11) is 0. The van der Waals surface area contributed by atoms with Crippen LogP contribution in [0.5, 0.6) is 0 Å². The van der Waals surface area contributed by atoms with Crippen molar-refractivity contribution in [3.05, 3.63) is 51.6 Å². The van der Waals surface area contributed by atoms with Crippen LogP contribution in [-0.2, 0) is 0 Å². The summed E-state index contributed by atoms with van der Waals surface area (Å²) in [5.74, 6) is 0. The number of non-ortho nitro benzene ring substituents is 1. The summed E-state index contributed by atoms with van der Waals surface area (Å²) in [4.78, 5) is 13.0. The van der Waals surface area contributed by atoms with E-state index in [9.17, 15) is 10.1 Å². The van der Waals surface area contributed by atoms with Crippen molar-refractivity contribution in [2.75, 3.05) is 26.2 Å². The number of piperazine rings is 1. The van der Waals surface area contributed by atoms with E-state index < -0.39 is 0 Å². The molecule has 0 amide bonds. The molecule has 1 aliphatic heterocycles. The Balaban J connectivity index is 2.32. The maximum Gasteiger partial charge on any atom is 0.269 e. The zero-order valence-electron chi connectivity index (χ0n) is 11.9. The number of nitro groups is 1. The SMILES string of the molecule is C=CCC[C@@H](c1cc([N+](=O)[O-])ccc1Cl)N1CCNCC1. The molecule has 1 aromatic carbocycles. The Labute approximate surface area is 129 Å². The van der Waals surface area contributed by atoms with Gasteiger partial charge in [-0.05, 0) is 24.5 Å². The Morgan fingerprint density at radius 1 is 1.48 bits per heavy atom. The van der Waals surface area contributed by atoms with Gasteiger partial charge < -0.3 is 5.32 Å². The van der Waals surface area contributed by atoms with Gasteiger partial charge >= 0.3 is 0 Å². The second-order valence-electron chi connectivity index (χ2n) is 5.13. The number of halogens is 1. The standard InChI is InChI=1S/C15H20ClN3O2/c1-2-3-4-15(18-9-7-17-8-10-18)13-11-12(19(20)21)5-6-14(13)16/h2,5-6,11,15,17H,1,3-4,7-10H2/t15-/m0/s1. The number of hydrogen-bond acceptors (Lipinski definition) is 4. The van der Waals surface area contributed by atoms with E-state index in [1.54, 1.807) is 12.1 Å². The molecule has 6 heteroatoms. The second kappa shape index (κ2) is 7.54. The summed E-state index contributed by atoms with van der Waals surface area (Å²) in [6.07, 6.45) is 3.60. The lowest BCUT2D eigenvalue weighted by Crippen LogP contribution is -2.45. The van der Waals surface area contributed by atoms with Crippen molar-refractivity contribution in [1.29, 1.82) is 0 Å². The number of rotatable bonds is 6. The van der Waals surface area contributed by atoms with Gasteiger partial charge in [0.15, 0.2) is 0 Å². The molecule has 0 spiro atoms. The number of nitrogens with zero attached hydrogens (tertiary/aromatic N) is 2. The molecule has 21 heavy (non-hydrogen) atoms. The molecule has 5 nitrogen and oxygen atoms in total. The topological polar surface area (TPSA) is 58.4 Å². The average Bonchev–Trinajstić information content (AvgIpc) is 2.50. The maximum atomic E-state index is 11.0. The minimum Gasteiger partial charge on any atom is -0.314 e. The minimum atomic E-state index is -0.373. The fraction of sp³-hybridized carbons (Fsp3) is 0.467. The van der Waals surface area contributed by atoms with E-state index in [0.29, 0.717) is 5.02 Å². The Kier molecular flexibility index (Phi) is 5.73. The Bertz CT molecular complexity index is 516. The first-order chi connectivity index (χ1) is 10.1. The van der Waals surface area contributed by atoms with Crippen LogP contribution in [0.2, 0.25) is 5.02 Å². The van der Waals surface area contributed by atoms with Crippen LogP contribution in [0, 0.1) is 10.1 Å². The zero-order chi connectivity index (χ0) is 15.2. The van der Waals surface area contributed by atoms with Gasteiger partial charge in [0.05, 0.1) is 4.92 Å². The molecule has 1 heterocycles. The summed E-state index contributed by atoms with van der Waals surface area (Å²) in [6, 6.07) is 4.78. The minimum absolute atomic E-state index is 0.0909. The summed E-state index contributed by atoms with van der Waals surface area (Å²) in [6.45, 7) is 7.46. The zero-order valence-corrected chi connectivity index (χ0v) is 12.7. The molecule has 114 valence electrons. The molecule has 0 radical (unpaired) electrons. The van der Waals surface area contributed by atoms with E-state index in [2.05, 4.69) is 16.8 Å². The molecule has 1 N–H and O–H groups in total. The number of nitrogens with one attached hydrogen (secondary N) is 1. The highest BCUT2D eigenvalue weighted by Crippen LogP contribution is 2.34. The van der Waals surface area contributed by atoms with Gasteiger partial charge in [-0.1, -0.05) is 17.7 Å². The summed E-state index contributed by atoms with van der Waals surface area (Å²) >= 11 is 6.30. The van der Waals surface area contributed by atoms with Crippen molar-refractivity contribution >= 4 is 17.3 Å². The lowest BCUT2D eigenvalue weighted by Gasteiger charge is -2.35. The van der Waals surface area contributed by atoms with Crippen LogP contribution >= 0.6 is 11.6 Å². The highest BCUT2D eigenvalue weighted by atomic mass is 35.5. The summed E-state index contributed by atoms with van der Waals surface area (Å²) < 4.78 is 0. The van der Waals surface area contributed by atoms with E-state index in [4.69, 9.17) is 11.6 Å². The normalized spacial score (nSPS) is 17.4. The molecule has 0 saturated carbocycles. The van der Waals surface area contributed by atoms with Crippen LogP contribution in [0.4, 0.5) is 5.69 Å². The maximum absolute atomic E-state index is 11.0. The third kappa shape index (κ3) is 4.03. The van der Waals surface area contributed by atoms with E-state index in [-0.39, 0.29) is 16.7 Å². The Hall–Kier alpha value is -1.43. The molecule has 1 aliphatic rings. The van der Waals surface area contributed by atoms with Crippen molar-refractivity contribution in [2.45, 2.75) is 18.9 Å². The van der Waals surface area contributed by atoms with Gasteiger partial charge in [0, 0.05) is 49.4 Å². The van der Waals surface area contributed by atoms with Crippen LogP contribution in [0.1, 0.15) is 24.4 Å². The highest BCUT2D eigenvalue weighted by molar-refractivity contribution is 6.31. The molecular weight excluding hydrogens is 290 g/mol. The van der Waals surface area contributed by atoms with Crippen molar-refractivity contribution in [1.82, 2.24) is 10.2 Å². The van der Waals surface area contributed by atoms with Gasteiger partial charge in [-0.2, -0.15) is 0 Å². The number of benzene rings is 1. The van der Waals surface area contributed by atoms with Gasteiger partial charge in [0.1, 0.15) is 0 Å². The van der Waals surface area contributed by atoms with E-state index in [1.165, 1.54) is 6.07 Å². The quantitative estimate of drug-likeness (QED) is 0.498. The van der Waals surface area contributed by atoms with Crippen molar-refractivity contribution in [2.24, 2.45) is 0 Å². The molecule has 0 aromatic heterocycles. The van der Waals surface area contributed by atoms with Crippen molar-refractivity contribution in [3.8, 4) is 0 Å². The van der Waals surface area contributed by atoms with E-state index >= 15 is 0 Å². The lowest BCUT2D eigenvalue weighted by molar-refractivity contribution is -0.385. The predicted molar refractivity (Wildman–Crippen MR) is 84.7 cm³/mol. The largest absolute Gasteiger partial charge is 0.314 e. The van der Waals surface area contributed by atoms with Crippen LogP contribution in [0.15, 0.2) is 30.9 Å². The number of nitro benzene ring substituents is 1. The monoisotopic (exact) mass is 309 g/mol. The smallest absolute Gasteiger partial charge is 0.269 e. The van der Waals surface area contributed by atoms with Crippen LogP contribution in [-0.4, -0.2) is 36.0 Å². The first kappa shape index (κ1) is 15.9. The summed E-state index contributed by atoms with van der Waals surface area (Å²) in [5.41, 5.74) is 0.933. The van der Waals surface area contributed by atoms with Gasteiger partial charge in [0.2, 0.25) is 0 Å². The molecule has 0 aliphatic carbocycles.